The second-order valence-electron chi connectivity index (χ2n) is 4.70. The largest absolute Gasteiger partial charge is 0.393 e. The Hall–Kier alpha value is -0.380. The number of rotatable bonds is 5. The van der Waals surface area contributed by atoms with Gasteiger partial charge in [-0.1, -0.05) is 12.2 Å². The first-order valence-electron chi connectivity index (χ1n) is 6.19. The molecule has 1 aliphatic rings. The summed E-state index contributed by atoms with van der Waals surface area (Å²) in [5.74, 6) is 0.258. The van der Waals surface area contributed by atoms with Crippen molar-refractivity contribution in [3.8, 4) is 0 Å². The van der Waals surface area contributed by atoms with Gasteiger partial charge in [-0.2, -0.15) is 0 Å². The summed E-state index contributed by atoms with van der Waals surface area (Å²) < 4.78 is 5.53. The number of aliphatic hydroxyl groups is 1. The fraction of sp³-hybridized carbons (Fsp3) is 0.846. The van der Waals surface area contributed by atoms with Crippen molar-refractivity contribution in [3.63, 3.8) is 0 Å². The molecule has 1 fully saturated rings. The fourth-order valence-electron chi connectivity index (χ4n) is 2.44. The summed E-state index contributed by atoms with van der Waals surface area (Å²) in [7, 11) is 3.86. The molecule has 1 heterocycles. The van der Waals surface area contributed by atoms with Crippen LogP contribution in [0.1, 0.15) is 26.2 Å². The predicted molar refractivity (Wildman–Crippen MR) is 66.5 cm³/mol. The van der Waals surface area contributed by atoms with Gasteiger partial charge < -0.3 is 14.7 Å². The smallest absolute Gasteiger partial charge is 0.0639 e. The maximum absolute atomic E-state index is 10.0. The number of allylic oxidation sites excluding steroid dienone is 2. The summed E-state index contributed by atoms with van der Waals surface area (Å²) in [4.78, 5) is 2.28. The van der Waals surface area contributed by atoms with Crippen LogP contribution in [0, 0.1) is 5.92 Å². The van der Waals surface area contributed by atoms with Crippen LogP contribution in [0.3, 0.4) is 0 Å². The average Bonchev–Trinajstić information content (AvgIpc) is 2.28. The third-order valence-corrected chi connectivity index (χ3v) is 3.46. The molecule has 3 heteroatoms. The second-order valence-corrected chi connectivity index (χ2v) is 4.70. The van der Waals surface area contributed by atoms with Gasteiger partial charge in [-0.3, -0.25) is 0 Å². The van der Waals surface area contributed by atoms with Crippen LogP contribution in [0.5, 0.6) is 0 Å². The quantitative estimate of drug-likeness (QED) is 0.725. The van der Waals surface area contributed by atoms with Gasteiger partial charge in [-0.05, 0) is 33.2 Å². The maximum atomic E-state index is 10.0. The molecule has 1 saturated heterocycles. The standard InChI is InChI=1S/C13H25NO2/c1-4-5-6-7-13(16-3)11-10-14(2)9-8-12(11)15/h4-5,11-13,15H,6-10H2,1-3H3. The van der Waals surface area contributed by atoms with Crippen LogP contribution in [0.15, 0.2) is 12.2 Å². The van der Waals surface area contributed by atoms with Gasteiger partial charge >= 0.3 is 0 Å². The molecule has 0 saturated carbocycles. The Bertz CT molecular complexity index is 218. The van der Waals surface area contributed by atoms with E-state index in [9.17, 15) is 5.11 Å². The molecule has 0 aromatic heterocycles. The zero-order chi connectivity index (χ0) is 12.0. The molecule has 94 valence electrons. The van der Waals surface area contributed by atoms with E-state index in [0.717, 1.165) is 32.4 Å². The molecule has 3 nitrogen and oxygen atoms in total. The lowest BCUT2D eigenvalue weighted by Gasteiger charge is -2.38. The Morgan fingerprint density at radius 2 is 2.31 bits per heavy atom. The highest BCUT2D eigenvalue weighted by molar-refractivity contribution is 4.86. The van der Waals surface area contributed by atoms with E-state index in [-0.39, 0.29) is 18.1 Å². The highest BCUT2D eigenvalue weighted by Gasteiger charge is 2.32. The summed E-state index contributed by atoms with van der Waals surface area (Å²) in [5.41, 5.74) is 0. The van der Waals surface area contributed by atoms with Gasteiger partial charge in [0.2, 0.25) is 0 Å². The molecule has 1 aliphatic heterocycles. The van der Waals surface area contributed by atoms with Gasteiger partial charge in [-0.15, -0.1) is 0 Å². The van der Waals surface area contributed by atoms with Gasteiger partial charge in [0.15, 0.2) is 0 Å². The molecule has 0 bridgehead atoms. The first kappa shape index (κ1) is 13.7. The van der Waals surface area contributed by atoms with Crippen LogP contribution in [0.4, 0.5) is 0 Å². The Labute approximate surface area is 99.1 Å². The van der Waals surface area contributed by atoms with Gasteiger partial charge in [0, 0.05) is 26.1 Å². The van der Waals surface area contributed by atoms with E-state index in [2.05, 4.69) is 24.1 Å². The summed E-state index contributed by atoms with van der Waals surface area (Å²) in [5, 5.41) is 10.0. The SMILES string of the molecule is CC=CCCC(OC)C1CN(C)CCC1O. The molecule has 16 heavy (non-hydrogen) atoms. The second kappa shape index (κ2) is 7.05. The number of aliphatic hydroxyl groups excluding tert-OH is 1. The Morgan fingerprint density at radius 3 is 2.94 bits per heavy atom. The molecule has 0 aromatic carbocycles. The number of nitrogens with zero attached hydrogens (tertiary/aromatic N) is 1. The molecule has 0 aromatic rings. The Balaban J connectivity index is 2.48. The normalized spacial score (nSPS) is 29.8. The predicted octanol–water partition coefficient (Wildman–Crippen LogP) is 1.67. The lowest BCUT2D eigenvalue weighted by molar-refractivity contribution is -0.0528. The highest BCUT2D eigenvalue weighted by Crippen LogP contribution is 2.24. The molecule has 3 unspecified atom stereocenters. The van der Waals surface area contributed by atoms with Crippen molar-refractivity contribution in [3.05, 3.63) is 12.2 Å². The molecule has 1 rings (SSSR count). The van der Waals surface area contributed by atoms with E-state index in [4.69, 9.17) is 4.74 Å². The summed E-state index contributed by atoms with van der Waals surface area (Å²) >= 11 is 0. The lowest BCUT2D eigenvalue weighted by atomic mass is 9.87. The highest BCUT2D eigenvalue weighted by atomic mass is 16.5. The van der Waals surface area contributed by atoms with Crippen molar-refractivity contribution in [2.24, 2.45) is 5.92 Å². The van der Waals surface area contributed by atoms with Crippen LogP contribution in [-0.4, -0.2) is 49.5 Å². The average molecular weight is 227 g/mol. The van der Waals surface area contributed by atoms with Gasteiger partial charge in [0.25, 0.3) is 0 Å². The van der Waals surface area contributed by atoms with Crippen LogP contribution < -0.4 is 0 Å². The molecule has 0 aliphatic carbocycles. The number of piperidine rings is 1. The molecule has 3 atom stereocenters. The van der Waals surface area contributed by atoms with Crippen LogP contribution in [0.25, 0.3) is 0 Å². The fourth-order valence-corrected chi connectivity index (χ4v) is 2.44. The Morgan fingerprint density at radius 1 is 1.56 bits per heavy atom. The molecular weight excluding hydrogens is 202 g/mol. The zero-order valence-electron chi connectivity index (χ0n) is 10.7. The van der Waals surface area contributed by atoms with E-state index >= 15 is 0 Å². The van der Waals surface area contributed by atoms with Gasteiger partial charge in [0.05, 0.1) is 12.2 Å². The third-order valence-electron chi connectivity index (χ3n) is 3.46. The summed E-state index contributed by atoms with van der Waals surface area (Å²) in [6.07, 6.45) is 7.09. The number of hydrogen-bond acceptors (Lipinski definition) is 3. The van der Waals surface area contributed by atoms with Crippen LogP contribution in [0.2, 0.25) is 0 Å². The Kier molecular flexibility index (Phi) is 6.03. The molecule has 0 radical (unpaired) electrons. The van der Waals surface area contributed by atoms with E-state index in [1.54, 1.807) is 7.11 Å². The third kappa shape index (κ3) is 3.89. The maximum Gasteiger partial charge on any atom is 0.0639 e. The van der Waals surface area contributed by atoms with E-state index in [1.807, 2.05) is 6.92 Å². The van der Waals surface area contributed by atoms with Gasteiger partial charge in [0.1, 0.15) is 0 Å². The molecular formula is C13H25NO2. The van der Waals surface area contributed by atoms with Crippen molar-refractivity contribution < 1.29 is 9.84 Å². The summed E-state index contributed by atoms with van der Waals surface area (Å²) in [6, 6.07) is 0. The van der Waals surface area contributed by atoms with E-state index < -0.39 is 0 Å². The minimum atomic E-state index is -0.202. The van der Waals surface area contributed by atoms with E-state index in [1.165, 1.54) is 0 Å². The molecule has 1 N–H and O–H groups in total. The minimum absolute atomic E-state index is 0.175. The molecule has 0 amide bonds. The van der Waals surface area contributed by atoms with Crippen molar-refractivity contribution in [2.45, 2.75) is 38.4 Å². The zero-order valence-corrected chi connectivity index (χ0v) is 10.7. The number of methoxy groups -OCH3 is 1. The van der Waals surface area contributed by atoms with Crippen LogP contribution >= 0.6 is 0 Å². The summed E-state index contributed by atoms with van der Waals surface area (Å²) in [6.45, 7) is 3.96. The minimum Gasteiger partial charge on any atom is -0.393 e. The monoisotopic (exact) mass is 227 g/mol. The first-order chi connectivity index (χ1) is 7.69. The number of hydrogen-bond donors (Lipinski definition) is 1. The number of likely N-dealkylation sites (tertiary alicyclic amines) is 1. The van der Waals surface area contributed by atoms with Crippen molar-refractivity contribution in [2.75, 3.05) is 27.2 Å². The van der Waals surface area contributed by atoms with Crippen molar-refractivity contribution >= 4 is 0 Å². The van der Waals surface area contributed by atoms with Crippen LogP contribution in [-0.2, 0) is 4.74 Å². The van der Waals surface area contributed by atoms with E-state index in [0.29, 0.717) is 0 Å². The topological polar surface area (TPSA) is 32.7 Å². The van der Waals surface area contributed by atoms with Crippen molar-refractivity contribution in [1.29, 1.82) is 0 Å². The van der Waals surface area contributed by atoms with Crippen molar-refractivity contribution in [1.82, 2.24) is 4.90 Å². The lowest BCUT2D eigenvalue weighted by Crippen LogP contribution is -2.47. The molecule has 0 spiro atoms. The first-order valence-corrected chi connectivity index (χ1v) is 6.19. The van der Waals surface area contributed by atoms with Gasteiger partial charge in [-0.25, -0.2) is 0 Å². The number of ether oxygens (including phenoxy) is 1.